The van der Waals surface area contributed by atoms with Crippen molar-refractivity contribution >= 4 is 17.7 Å². The van der Waals surface area contributed by atoms with Gasteiger partial charge in [0.25, 0.3) is 0 Å². The van der Waals surface area contributed by atoms with Gasteiger partial charge in [0.2, 0.25) is 5.89 Å². The molecule has 6 heteroatoms. The van der Waals surface area contributed by atoms with Crippen molar-refractivity contribution in [3.05, 3.63) is 11.7 Å². The highest BCUT2D eigenvalue weighted by Crippen LogP contribution is 2.51. The molecule has 0 aliphatic heterocycles. The zero-order valence-electron chi connectivity index (χ0n) is 9.10. The molecular weight excluding hydrogens is 228 g/mol. The average Bonchev–Trinajstić information content (AvgIpc) is 2.80. The molecule has 2 rings (SSSR count). The van der Waals surface area contributed by atoms with Crippen LogP contribution in [-0.2, 0) is 10.5 Å². The summed E-state index contributed by atoms with van der Waals surface area (Å²) in [6.45, 7) is 1.76. The third-order valence-corrected chi connectivity index (χ3v) is 3.97. The Morgan fingerprint density at radius 1 is 1.62 bits per heavy atom. The number of thioether (sulfide) groups is 1. The minimum absolute atomic E-state index is 0.0370. The van der Waals surface area contributed by atoms with Crippen molar-refractivity contribution in [2.24, 2.45) is 5.41 Å². The van der Waals surface area contributed by atoms with E-state index in [9.17, 15) is 4.79 Å². The molecule has 1 aromatic rings. The van der Waals surface area contributed by atoms with Gasteiger partial charge < -0.3 is 9.63 Å². The molecule has 0 bridgehead atoms. The third-order valence-electron chi connectivity index (χ3n) is 2.69. The lowest BCUT2D eigenvalue weighted by Crippen LogP contribution is -2.11. The number of hydrogen-bond acceptors (Lipinski definition) is 5. The number of hydrogen-bond donors (Lipinski definition) is 1. The number of aryl methyl sites for hydroxylation is 1. The van der Waals surface area contributed by atoms with E-state index < -0.39 is 5.97 Å². The maximum Gasteiger partial charge on any atom is 0.303 e. The van der Waals surface area contributed by atoms with Gasteiger partial charge in [-0.1, -0.05) is 5.16 Å². The van der Waals surface area contributed by atoms with Crippen LogP contribution in [0.4, 0.5) is 0 Å². The molecule has 0 atom stereocenters. The predicted octanol–water partition coefficient (Wildman–Crippen LogP) is 1.87. The Hall–Kier alpha value is -1.04. The normalized spacial score (nSPS) is 17.3. The molecule has 5 nitrogen and oxygen atoms in total. The first-order chi connectivity index (χ1) is 7.60. The number of carboxylic acids is 1. The Balaban J connectivity index is 1.74. The Labute approximate surface area is 97.6 Å². The summed E-state index contributed by atoms with van der Waals surface area (Å²) in [5.41, 5.74) is 0.0370. The van der Waals surface area contributed by atoms with Gasteiger partial charge in [-0.15, -0.1) is 0 Å². The smallest absolute Gasteiger partial charge is 0.303 e. The van der Waals surface area contributed by atoms with Crippen LogP contribution in [0.25, 0.3) is 0 Å². The minimum atomic E-state index is -0.700. The van der Waals surface area contributed by atoms with Crippen LogP contribution in [0.2, 0.25) is 0 Å². The Morgan fingerprint density at radius 2 is 2.38 bits per heavy atom. The van der Waals surface area contributed by atoms with E-state index in [1.807, 2.05) is 0 Å². The van der Waals surface area contributed by atoms with E-state index in [2.05, 4.69) is 10.1 Å². The first-order valence-corrected chi connectivity index (χ1v) is 6.34. The van der Waals surface area contributed by atoms with Crippen molar-refractivity contribution < 1.29 is 14.4 Å². The van der Waals surface area contributed by atoms with Crippen molar-refractivity contribution in [1.29, 1.82) is 0 Å². The molecule has 0 radical (unpaired) electrons. The number of nitrogens with zero attached hydrogens (tertiary/aromatic N) is 2. The quantitative estimate of drug-likeness (QED) is 0.820. The summed E-state index contributed by atoms with van der Waals surface area (Å²) in [4.78, 5) is 14.7. The van der Waals surface area contributed by atoms with Crippen molar-refractivity contribution in [2.75, 3.05) is 5.75 Å². The van der Waals surface area contributed by atoms with Gasteiger partial charge in [-0.2, -0.15) is 16.7 Å². The minimum Gasteiger partial charge on any atom is -0.481 e. The standard InChI is InChI=1S/C10H14N2O3S/c1-7-11-8(12-15-7)5-16-6-10(2-3-10)4-9(13)14/h2-6H2,1H3,(H,13,14). The van der Waals surface area contributed by atoms with Crippen LogP contribution < -0.4 is 0 Å². The summed E-state index contributed by atoms with van der Waals surface area (Å²) < 4.78 is 4.86. The molecule has 1 N–H and O–H groups in total. The van der Waals surface area contributed by atoms with Gasteiger partial charge in [0.1, 0.15) is 0 Å². The number of aliphatic carboxylic acids is 1. The molecule has 0 aromatic carbocycles. The van der Waals surface area contributed by atoms with Gasteiger partial charge >= 0.3 is 5.97 Å². The Kier molecular flexibility index (Phi) is 3.18. The number of carboxylic acid groups (broad SMARTS) is 1. The molecule has 1 aliphatic rings. The maximum absolute atomic E-state index is 10.6. The second-order valence-corrected chi connectivity index (χ2v) is 5.28. The fraction of sp³-hybridized carbons (Fsp3) is 0.700. The van der Waals surface area contributed by atoms with Crippen molar-refractivity contribution in [1.82, 2.24) is 10.1 Å². The zero-order chi connectivity index (χ0) is 11.6. The molecule has 0 spiro atoms. The van der Waals surface area contributed by atoms with E-state index in [0.717, 1.165) is 18.6 Å². The molecule has 1 aromatic heterocycles. The zero-order valence-corrected chi connectivity index (χ0v) is 9.92. The summed E-state index contributed by atoms with van der Waals surface area (Å²) in [6.07, 6.45) is 2.33. The van der Waals surface area contributed by atoms with Crippen molar-refractivity contribution in [3.63, 3.8) is 0 Å². The highest BCUT2D eigenvalue weighted by Gasteiger charge is 2.44. The van der Waals surface area contributed by atoms with Crippen LogP contribution in [0.5, 0.6) is 0 Å². The molecule has 0 saturated heterocycles. The van der Waals surface area contributed by atoms with Gasteiger partial charge in [0.15, 0.2) is 5.82 Å². The van der Waals surface area contributed by atoms with Gasteiger partial charge in [0.05, 0.1) is 12.2 Å². The third kappa shape index (κ3) is 2.98. The van der Waals surface area contributed by atoms with E-state index >= 15 is 0 Å². The summed E-state index contributed by atoms with van der Waals surface area (Å²) in [6, 6.07) is 0. The van der Waals surface area contributed by atoms with E-state index in [-0.39, 0.29) is 11.8 Å². The first kappa shape index (κ1) is 11.4. The van der Waals surface area contributed by atoms with Crippen LogP contribution >= 0.6 is 11.8 Å². The van der Waals surface area contributed by atoms with Crippen molar-refractivity contribution in [3.8, 4) is 0 Å². The highest BCUT2D eigenvalue weighted by atomic mass is 32.2. The van der Waals surface area contributed by atoms with E-state index in [0.29, 0.717) is 17.5 Å². The highest BCUT2D eigenvalue weighted by molar-refractivity contribution is 7.98. The van der Waals surface area contributed by atoms with E-state index in [1.165, 1.54) is 0 Å². The number of carbonyl (C=O) groups is 1. The molecule has 16 heavy (non-hydrogen) atoms. The fourth-order valence-corrected chi connectivity index (χ4v) is 2.85. The fourth-order valence-electron chi connectivity index (χ4n) is 1.63. The van der Waals surface area contributed by atoms with Gasteiger partial charge in [-0.25, -0.2) is 0 Å². The summed E-state index contributed by atoms with van der Waals surface area (Å²) in [5, 5.41) is 12.6. The largest absolute Gasteiger partial charge is 0.481 e. The van der Waals surface area contributed by atoms with Crippen LogP contribution in [0.3, 0.4) is 0 Å². The maximum atomic E-state index is 10.6. The number of rotatable bonds is 6. The van der Waals surface area contributed by atoms with Crippen molar-refractivity contribution in [2.45, 2.75) is 31.9 Å². The number of aromatic nitrogens is 2. The summed E-state index contributed by atoms with van der Waals surface area (Å²) in [5.74, 6) is 2.12. The van der Waals surface area contributed by atoms with Crippen LogP contribution in [-0.4, -0.2) is 27.0 Å². The molecule has 0 amide bonds. The van der Waals surface area contributed by atoms with E-state index in [4.69, 9.17) is 9.63 Å². The summed E-state index contributed by atoms with van der Waals surface area (Å²) >= 11 is 1.68. The Bertz CT molecular complexity index is 387. The van der Waals surface area contributed by atoms with Gasteiger partial charge in [0, 0.05) is 6.92 Å². The lowest BCUT2D eigenvalue weighted by molar-refractivity contribution is -0.138. The molecule has 0 unspecified atom stereocenters. The SMILES string of the molecule is Cc1nc(CSCC2(CC(=O)O)CC2)no1. The predicted molar refractivity (Wildman–Crippen MR) is 59.1 cm³/mol. The van der Waals surface area contributed by atoms with Gasteiger partial charge in [-0.05, 0) is 24.0 Å². The van der Waals surface area contributed by atoms with Gasteiger partial charge in [-0.3, -0.25) is 4.79 Å². The Morgan fingerprint density at radius 3 is 2.88 bits per heavy atom. The molecule has 88 valence electrons. The second-order valence-electron chi connectivity index (χ2n) is 4.29. The summed E-state index contributed by atoms with van der Waals surface area (Å²) in [7, 11) is 0. The molecule has 1 fully saturated rings. The molecule has 1 saturated carbocycles. The van der Waals surface area contributed by atoms with E-state index in [1.54, 1.807) is 18.7 Å². The first-order valence-electron chi connectivity index (χ1n) is 5.18. The van der Waals surface area contributed by atoms with Crippen LogP contribution in [0, 0.1) is 12.3 Å². The van der Waals surface area contributed by atoms with Crippen LogP contribution in [0.15, 0.2) is 4.52 Å². The molecule has 1 aliphatic carbocycles. The molecule has 1 heterocycles. The topological polar surface area (TPSA) is 76.2 Å². The average molecular weight is 242 g/mol. The lowest BCUT2D eigenvalue weighted by atomic mass is 10.1. The van der Waals surface area contributed by atoms with Crippen LogP contribution in [0.1, 0.15) is 31.0 Å². The second kappa shape index (κ2) is 4.45. The lowest BCUT2D eigenvalue weighted by Gasteiger charge is -2.10. The molecular formula is C10H14N2O3S. The monoisotopic (exact) mass is 242 g/mol.